The lowest BCUT2D eigenvalue weighted by Gasteiger charge is -2.45. The van der Waals surface area contributed by atoms with Gasteiger partial charge in [0.2, 0.25) is 0 Å². The Hall–Kier alpha value is -0.930. The average Bonchev–Trinajstić information content (AvgIpc) is 2.41. The van der Waals surface area contributed by atoms with Gasteiger partial charge in [0.15, 0.2) is 0 Å². The lowest BCUT2D eigenvalue weighted by molar-refractivity contribution is 0.0533. The number of nitrogens with one attached hydrogen (secondary N) is 1. The summed E-state index contributed by atoms with van der Waals surface area (Å²) < 4.78 is 13.9. The molecular weight excluding hydrogens is 239 g/mol. The molecule has 0 aromatic heterocycles. The highest BCUT2D eigenvalue weighted by Crippen LogP contribution is 2.32. The van der Waals surface area contributed by atoms with Gasteiger partial charge in [0, 0.05) is 30.2 Å². The van der Waals surface area contributed by atoms with Crippen molar-refractivity contribution < 1.29 is 4.39 Å². The predicted octanol–water partition coefficient (Wildman–Crippen LogP) is 3.21. The van der Waals surface area contributed by atoms with Crippen molar-refractivity contribution in [2.75, 3.05) is 13.6 Å². The summed E-state index contributed by atoms with van der Waals surface area (Å²) in [4.78, 5) is 2.43. The zero-order chi connectivity index (χ0) is 14.0. The number of nitrogens with zero attached hydrogens (tertiary/aromatic N) is 1. The second-order valence-electron chi connectivity index (χ2n) is 5.72. The van der Waals surface area contributed by atoms with E-state index in [4.69, 9.17) is 0 Å². The Balaban J connectivity index is 2.16. The van der Waals surface area contributed by atoms with Crippen LogP contribution < -0.4 is 5.32 Å². The largest absolute Gasteiger partial charge is 0.317 e. The molecule has 2 nitrogen and oxygen atoms in total. The Labute approximate surface area is 116 Å². The topological polar surface area (TPSA) is 15.3 Å². The smallest absolute Gasteiger partial charge is 0.127 e. The lowest BCUT2D eigenvalue weighted by Crippen LogP contribution is -2.53. The molecule has 3 heteroatoms. The average molecular weight is 264 g/mol. The van der Waals surface area contributed by atoms with Crippen molar-refractivity contribution in [1.82, 2.24) is 10.2 Å². The second-order valence-corrected chi connectivity index (χ2v) is 5.72. The number of halogens is 1. The van der Waals surface area contributed by atoms with E-state index in [-0.39, 0.29) is 11.9 Å². The standard InChI is InChI=1S/C16H25FN2/c1-11-12(2)19(10-9-16(11)18-4)13(3)14-7-5-6-8-15(14)17/h5-8,11-13,16,18H,9-10H2,1-4H3. The summed E-state index contributed by atoms with van der Waals surface area (Å²) in [5, 5.41) is 3.39. The SMILES string of the molecule is CNC1CCN(C(C)c2ccccc2F)C(C)C1C. The molecular formula is C16H25FN2. The first-order chi connectivity index (χ1) is 9.06. The van der Waals surface area contributed by atoms with Crippen LogP contribution in [0.25, 0.3) is 0 Å². The van der Waals surface area contributed by atoms with Gasteiger partial charge in [-0.2, -0.15) is 0 Å². The zero-order valence-electron chi connectivity index (χ0n) is 12.4. The van der Waals surface area contributed by atoms with E-state index in [2.05, 4.69) is 31.0 Å². The summed E-state index contributed by atoms with van der Waals surface area (Å²) in [6, 6.07) is 8.30. The molecule has 1 N–H and O–H groups in total. The van der Waals surface area contributed by atoms with Crippen molar-refractivity contribution in [3.05, 3.63) is 35.6 Å². The molecule has 0 bridgehead atoms. The highest BCUT2D eigenvalue weighted by Gasteiger charge is 2.34. The van der Waals surface area contributed by atoms with E-state index < -0.39 is 0 Å². The van der Waals surface area contributed by atoms with Crippen LogP contribution in [0.1, 0.15) is 38.8 Å². The Morgan fingerprint density at radius 3 is 2.63 bits per heavy atom. The van der Waals surface area contributed by atoms with Gasteiger partial charge in [-0.25, -0.2) is 4.39 Å². The Bertz CT molecular complexity index is 421. The molecule has 1 aliphatic heterocycles. The Morgan fingerprint density at radius 2 is 2.00 bits per heavy atom. The van der Waals surface area contributed by atoms with Crippen LogP contribution in [0.2, 0.25) is 0 Å². The first kappa shape index (κ1) is 14.5. The van der Waals surface area contributed by atoms with Crippen molar-refractivity contribution >= 4 is 0 Å². The van der Waals surface area contributed by atoms with E-state index in [1.807, 2.05) is 19.2 Å². The maximum atomic E-state index is 13.9. The molecule has 1 aliphatic rings. The zero-order valence-corrected chi connectivity index (χ0v) is 12.4. The summed E-state index contributed by atoms with van der Waals surface area (Å²) in [6.07, 6.45) is 1.13. The fourth-order valence-corrected chi connectivity index (χ4v) is 3.34. The third-order valence-electron chi connectivity index (χ3n) is 4.84. The number of rotatable bonds is 3. The molecule has 0 aliphatic carbocycles. The van der Waals surface area contributed by atoms with Crippen LogP contribution in [0.3, 0.4) is 0 Å². The summed E-state index contributed by atoms with van der Waals surface area (Å²) in [5.41, 5.74) is 0.810. The van der Waals surface area contributed by atoms with Gasteiger partial charge in [0.1, 0.15) is 5.82 Å². The molecule has 0 spiro atoms. The van der Waals surface area contributed by atoms with Crippen LogP contribution in [0, 0.1) is 11.7 Å². The minimum absolute atomic E-state index is 0.0920. The molecule has 1 heterocycles. The van der Waals surface area contributed by atoms with Crippen LogP contribution in [-0.4, -0.2) is 30.6 Å². The van der Waals surface area contributed by atoms with Gasteiger partial charge in [0.25, 0.3) is 0 Å². The molecule has 1 saturated heterocycles. The first-order valence-electron chi connectivity index (χ1n) is 7.23. The molecule has 1 fully saturated rings. The van der Waals surface area contributed by atoms with E-state index >= 15 is 0 Å². The molecule has 0 radical (unpaired) electrons. The second kappa shape index (κ2) is 6.02. The molecule has 4 atom stereocenters. The minimum atomic E-state index is -0.0920. The molecule has 0 saturated carbocycles. The molecule has 106 valence electrons. The fourth-order valence-electron chi connectivity index (χ4n) is 3.34. The molecule has 19 heavy (non-hydrogen) atoms. The molecule has 4 unspecified atom stereocenters. The van der Waals surface area contributed by atoms with Gasteiger partial charge >= 0.3 is 0 Å². The third-order valence-corrected chi connectivity index (χ3v) is 4.84. The number of piperidine rings is 1. The summed E-state index contributed by atoms with van der Waals surface area (Å²) in [5.74, 6) is 0.485. The Morgan fingerprint density at radius 1 is 1.32 bits per heavy atom. The van der Waals surface area contributed by atoms with Gasteiger partial charge in [0.05, 0.1) is 0 Å². The van der Waals surface area contributed by atoms with E-state index in [9.17, 15) is 4.39 Å². The van der Waals surface area contributed by atoms with Crippen LogP contribution in [0.4, 0.5) is 4.39 Å². The van der Waals surface area contributed by atoms with E-state index in [1.165, 1.54) is 0 Å². The maximum Gasteiger partial charge on any atom is 0.127 e. The number of likely N-dealkylation sites (tertiary alicyclic amines) is 1. The Kier molecular flexibility index (Phi) is 4.58. The molecule has 1 aromatic rings. The molecule has 0 amide bonds. The van der Waals surface area contributed by atoms with Crippen LogP contribution >= 0.6 is 0 Å². The van der Waals surface area contributed by atoms with Gasteiger partial charge in [-0.1, -0.05) is 25.1 Å². The van der Waals surface area contributed by atoms with E-state index in [0.717, 1.165) is 18.5 Å². The summed E-state index contributed by atoms with van der Waals surface area (Å²) >= 11 is 0. The fraction of sp³-hybridized carbons (Fsp3) is 0.625. The van der Waals surface area contributed by atoms with E-state index in [0.29, 0.717) is 18.0 Å². The van der Waals surface area contributed by atoms with Gasteiger partial charge in [-0.3, -0.25) is 4.90 Å². The van der Waals surface area contributed by atoms with Crippen molar-refractivity contribution in [2.24, 2.45) is 5.92 Å². The third kappa shape index (κ3) is 2.82. The quantitative estimate of drug-likeness (QED) is 0.902. The minimum Gasteiger partial charge on any atom is -0.317 e. The molecule has 2 rings (SSSR count). The highest BCUT2D eigenvalue weighted by atomic mass is 19.1. The summed E-state index contributed by atoms with van der Waals surface area (Å²) in [7, 11) is 2.03. The highest BCUT2D eigenvalue weighted by molar-refractivity contribution is 5.21. The lowest BCUT2D eigenvalue weighted by atomic mass is 9.85. The van der Waals surface area contributed by atoms with Crippen molar-refractivity contribution in [3.63, 3.8) is 0 Å². The van der Waals surface area contributed by atoms with Crippen molar-refractivity contribution in [2.45, 2.75) is 45.3 Å². The van der Waals surface area contributed by atoms with Gasteiger partial charge < -0.3 is 5.32 Å². The van der Waals surface area contributed by atoms with Crippen molar-refractivity contribution in [1.29, 1.82) is 0 Å². The maximum absolute atomic E-state index is 13.9. The number of hydrogen-bond acceptors (Lipinski definition) is 2. The van der Waals surface area contributed by atoms with Gasteiger partial charge in [-0.05, 0) is 39.3 Å². The normalized spacial score (nSPS) is 30.3. The van der Waals surface area contributed by atoms with Crippen LogP contribution in [0.5, 0.6) is 0 Å². The first-order valence-corrected chi connectivity index (χ1v) is 7.23. The number of hydrogen-bond donors (Lipinski definition) is 1. The van der Waals surface area contributed by atoms with Crippen molar-refractivity contribution in [3.8, 4) is 0 Å². The van der Waals surface area contributed by atoms with E-state index in [1.54, 1.807) is 12.1 Å². The monoisotopic (exact) mass is 264 g/mol. The molecule has 1 aromatic carbocycles. The van der Waals surface area contributed by atoms with Crippen LogP contribution in [-0.2, 0) is 0 Å². The number of benzene rings is 1. The van der Waals surface area contributed by atoms with Crippen LogP contribution in [0.15, 0.2) is 24.3 Å². The predicted molar refractivity (Wildman–Crippen MR) is 77.6 cm³/mol. The summed E-state index contributed by atoms with van der Waals surface area (Å²) in [6.45, 7) is 7.67. The van der Waals surface area contributed by atoms with Gasteiger partial charge in [-0.15, -0.1) is 0 Å².